The topological polar surface area (TPSA) is 47.6 Å². The second-order valence-electron chi connectivity index (χ2n) is 3.98. The first-order valence-corrected chi connectivity index (χ1v) is 5.45. The Balaban J connectivity index is 2.41. The summed E-state index contributed by atoms with van der Waals surface area (Å²) in [5.74, 6) is 0.274. The Morgan fingerprint density at radius 1 is 1.12 bits per heavy atom. The monoisotopic (exact) mass is 208 g/mol. The van der Waals surface area contributed by atoms with Gasteiger partial charge in [-0.05, 0) is 30.4 Å². The SMILES string of the molecule is N#CC(C#N)=C1CCCC1c1ccccc1. The van der Waals surface area contributed by atoms with Crippen LogP contribution in [0, 0.1) is 22.7 Å². The van der Waals surface area contributed by atoms with Gasteiger partial charge in [0.15, 0.2) is 0 Å². The van der Waals surface area contributed by atoms with Crippen LogP contribution in [0.2, 0.25) is 0 Å². The van der Waals surface area contributed by atoms with E-state index in [1.165, 1.54) is 5.56 Å². The minimum Gasteiger partial charge on any atom is -0.192 e. The van der Waals surface area contributed by atoms with Crippen molar-refractivity contribution in [3.05, 3.63) is 47.0 Å². The summed E-state index contributed by atoms with van der Waals surface area (Å²) in [6.07, 6.45) is 3.00. The summed E-state index contributed by atoms with van der Waals surface area (Å²) in [4.78, 5) is 0. The third kappa shape index (κ3) is 1.83. The molecule has 0 saturated heterocycles. The molecular weight excluding hydrogens is 196 g/mol. The zero-order chi connectivity index (χ0) is 11.4. The van der Waals surface area contributed by atoms with Gasteiger partial charge in [-0.3, -0.25) is 0 Å². The smallest absolute Gasteiger partial charge is 0.129 e. The first kappa shape index (κ1) is 10.5. The summed E-state index contributed by atoms with van der Waals surface area (Å²) in [5.41, 5.74) is 2.56. The predicted octanol–water partition coefficient (Wildman–Crippen LogP) is 3.30. The molecule has 0 radical (unpaired) electrons. The van der Waals surface area contributed by atoms with Gasteiger partial charge in [-0.2, -0.15) is 10.5 Å². The predicted molar refractivity (Wildman–Crippen MR) is 61.3 cm³/mol. The zero-order valence-electron chi connectivity index (χ0n) is 8.98. The number of nitriles is 2. The van der Waals surface area contributed by atoms with E-state index in [-0.39, 0.29) is 5.92 Å². The van der Waals surface area contributed by atoms with Gasteiger partial charge >= 0.3 is 0 Å². The second-order valence-corrected chi connectivity index (χ2v) is 3.98. The summed E-state index contributed by atoms with van der Waals surface area (Å²) >= 11 is 0. The van der Waals surface area contributed by atoms with Crippen LogP contribution >= 0.6 is 0 Å². The molecule has 1 aromatic rings. The molecule has 1 aliphatic carbocycles. The third-order valence-corrected chi connectivity index (χ3v) is 3.11. The molecule has 1 atom stereocenters. The van der Waals surface area contributed by atoms with Crippen LogP contribution in [0.1, 0.15) is 30.7 Å². The highest BCUT2D eigenvalue weighted by atomic mass is 14.3. The average Bonchev–Trinajstić information content (AvgIpc) is 2.81. The van der Waals surface area contributed by atoms with E-state index in [1.807, 2.05) is 30.3 Å². The lowest BCUT2D eigenvalue weighted by molar-refractivity contribution is 0.791. The van der Waals surface area contributed by atoms with Crippen molar-refractivity contribution < 1.29 is 0 Å². The molecule has 1 aromatic carbocycles. The molecule has 1 unspecified atom stereocenters. The zero-order valence-corrected chi connectivity index (χ0v) is 8.98. The highest BCUT2D eigenvalue weighted by Gasteiger charge is 2.25. The Morgan fingerprint density at radius 3 is 2.44 bits per heavy atom. The van der Waals surface area contributed by atoms with E-state index in [0.29, 0.717) is 5.57 Å². The molecule has 0 aliphatic heterocycles. The molecule has 0 bridgehead atoms. The molecule has 78 valence electrons. The first-order valence-electron chi connectivity index (χ1n) is 5.45. The van der Waals surface area contributed by atoms with Crippen molar-refractivity contribution >= 4 is 0 Å². The van der Waals surface area contributed by atoms with Crippen molar-refractivity contribution in [3.8, 4) is 12.1 Å². The molecule has 1 aliphatic rings. The highest BCUT2D eigenvalue weighted by molar-refractivity contribution is 5.46. The molecule has 16 heavy (non-hydrogen) atoms. The fourth-order valence-corrected chi connectivity index (χ4v) is 2.37. The van der Waals surface area contributed by atoms with E-state index < -0.39 is 0 Å². The fourth-order valence-electron chi connectivity index (χ4n) is 2.37. The fraction of sp³-hybridized carbons (Fsp3) is 0.286. The van der Waals surface area contributed by atoms with Crippen LogP contribution in [0.4, 0.5) is 0 Å². The normalized spacial score (nSPS) is 18.9. The van der Waals surface area contributed by atoms with E-state index in [4.69, 9.17) is 10.5 Å². The highest BCUT2D eigenvalue weighted by Crippen LogP contribution is 2.40. The van der Waals surface area contributed by atoms with Crippen molar-refractivity contribution in [1.29, 1.82) is 10.5 Å². The van der Waals surface area contributed by atoms with Crippen LogP contribution in [0.25, 0.3) is 0 Å². The number of allylic oxidation sites excluding steroid dienone is 2. The summed E-state index contributed by atoms with van der Waals surface area (Å²) in [7, 11) is 0. The van der Waals surface area contributed by atoms with E-state index in [1.54, 1.807) is 0 Å². The van der Waals surface area contributed by atoms with Crippen molar-refractivity contribution in [2.75, 3.05) is 0 Å². The molecule has 0 N–H and O–H groups in total. The van der Waals surface area contributed by atoms with Gasteiger partial charge < -0.3 is 0 Å². The van der Waals surface area contributed by atoms with Crippen LogP contribution < -0.4 is 0 Å². The van der Waals surface area contributed by atoms with Gasteiger partial charge in [0.25, 0.3) is 0 Å². The second kappa shape index (κ2) is 4.64. The first-order chi connectivity index (χ1) is 7.86. The maximum absolute atomic E-state index is 8.92. The maximum atomic E-state index is 8.92. The number of hydrogen-bond donors (Lipinski definition) is 0. The molecular formula is C14H12N2. The summed E-state index contributed by atoms with van der Waals surface area (Å²) in [6, 6.07) is 14.2. The van der Waals surface area contributed by atoms with Crippen LogP contribution in [-0.2, 0) is 0 Å². The Kier molecular flexibility index (Phi) is 3.03. The van der Waals surface area contributed by atoms with Crippen LogP contribution in [-0.4, -0.2) is 0 Å². The standard InChI is InChI=1S/C14H12N2/c15-9-12(10-16)14-8-4-7-13(14)11-5-2-1-3-6-11/h1-3,5-6,13H,4,7-8H2. The van der Waals surface area contributed by atoms with Gasteiger partial charge in [0, 0.05) is 5.92 Å². The van der Waals surface area contributed by atoms with E-state index in [2.05, 4.69) is 12.1 Å². The Hall–Kier alpha value is -2.06. The summed E-state index contributed by atoms with van der Waals surface area (Å²) in [5, 5.41) is 17.8. The number of benzene rings is 1. The van der Waals surface area contributed by atoms with Crippen molar-refractivity contribution in [3.63, 3.8) is 0 Å². The van der Waals surface area contributed by atoms with Crippen LogP contribution in [0.3, 0.4) is 0 Å². The number of nitrogens with zero attached hydrogens (tertiary/aromatic N) is 2. The average molecular weight is 208 g/mol. The molecule has 2 heteroatoms. The van der Waals surface area contributed by atoms with Gasteiger partial charge in [-0.15, -0.1) is 0 Å². The van der Waals surface area contributed by atoms with Crippen molar-refractivity contribution in [2.45, 2.75) is 25.2 Å². The molecule has 0 heterocycles. The summed E-state index contributed by atoms with van der Waals surface area (Å²) < 4.78 is 0. The Labute approximate surface area is 95.4 Å². The van der Waals surface area contributed by atoms with Gasteiger partial charge in [-0.25, -0.2) is 0 Å². The van der Waals surface area contributed by atoms with Gasteiger partial charge in [0.2, 0.25) is 0 Å². The molecule has 1 fully saturated rings. The molecule has 0 spiro atoms. The molecule has 2 rings (SSSR count). The van der Waals surface area contributed by atoms with E-state index >= 15 is 0 Å². The molecule has 0 aromatic heterocycles. The third-order valence-electron chi connectivity index (χ3n) is 3.11. The molecule has 2 nitrogen and oxygen atoms in total. The lowest BCUT2D eigenvalue weighted by atomic mass is 9.91. The molecule has 1 saturated carbocycles. The lowest BCUT2D eigenvalue weighted by Crippen LogP contribution is -1.97. The Morgan fingerprint density at radius 2 is 1.81 bits per heavy atom. The Bertz CT molecular complexity index is 470. The van der Waals surface area contributed by atoms with E-state index in [9.17, 15) is 0 Å². The van der Waals surface area contributed by atoms with Gasteiger partial charge in [-0.1, -0.05) is 30.3 Å². The van der Waals surface area contributed by atoms with Crippen molar-refractivity contribution in [2.24, 2.45) is 0 Å². The lowest BCUT2D eigenvalue weighted by Gasteiger charge is -2.12. The van der Waals surface area contributed by atoms with Gasteiger partial charge in [0.1, 0.15) is 17.7 Å². The molecule has 0 amide bonds. The van der Waals surface area contributed by atoms with Gasteiger partial charge in [0.05, 0.1) is 0 Å². The minimum absolute atomic E-state index is 0.274. The van der Waals surface area contributed by atoms with Crippen molar-refractivity contribution in [1.82, 2.24) is 0 Å². The van der Waals surface area contributed by atoms with Crippen LogP contribution in [0.15, 0.2) is 41.5 Å². The number of rotatable bonds is 1. The quantitative estimate of drug-likeness (QED) is 0.665. The minimum atomic E-state index is 0.274. The largest absolute Gasteiger partial charge is 0.192 e. The van der Waals surface area contributed by atoms with E-state index in [0.717, 1.165) is 24.8 Å². The summed E-state index contributed by atoms with van der Waals surface area (Å²) in [6.45, 7) is 0. The van der Waals surface area contributed by atoms with Crippen LogP contribution in [0.5, 0.6) is 0 Å². The number of hydrogen-bond acceptors (Lipinski definition) is 2. The maximum Gasteiger partial charge on any atom is 0.129 e.